The molecule has 1 aromatic carbocycles. The third-order valence-electron chi connectivity index (χ3n) is 6.08. The lowest BCUT2D eigenvalue weighted by Crippen LogP contribution is -2.50. The second kappa shape index (κ2) is 8.31. The van der Waals surface area contributed by atoms with E-state index in [1.165, 1.54) is 27.9 Å². The van der Waals surface area contributed by atoms with Crippen LogP contribution in [0.1, 0.15) is 33.5 Å². The third-order valence-corrected chi connectivity index (χ3v) is 6.08. The molecule has 0 radical (unpaired) electrons. The quantitative estimate of drug-likeness (QED) is 0.841. The van der Waals surface area contributed by atoms with E-state index < -0.39 is 0 Å². The summed E-state index contributed by atoms with van der Waals surface area (Å²) >= 11 is 0. The van der Waals surface area contributed by atoms with Crippen LogP contribution in [0, 0.1) is 41.5 Å². The lowest BCUT2D eigenvalue weighted by Gasteiger charge is -2.38. The van der Waals surface area contributed by atoms with Crippen molar-refractivity contribution in [1.82, 2.24) is 9.88 Å². The molecule has 1 N–H and O–H groups in total. The second-order valence-corrected chi connectivity index (χ2v) is 7.96. The number of carbonyl (C=O) groups excluding carboxylic acids is 1. The summed E-state index contributed by atoms with van der Waals surface area (Å²) in [6.07, 6.45) is 0. The number of carbonyl (C=O) groups is 1. The Morgan fingerprint density at radius 1 is 0.931 bits per heavy atom. The van der Waals surface area contributed by atoms with E-state index in [0.29, 0.717) is 24.7 Å². The number of methoxy groups -OCH3 is 1. The molecule has 2 amide bonds. The van der Waals surface area contributed by atoms with Crippen molar-refractivity contribution in [2.45, 2.75) is 41.5 Å². The fraction of sp³-hybridized carbons (Fsp3) is 0.478. The van der Waals surface area contributed by atoms with Gasteiger partial charge in [-0.15, -0.1) is 0 Å². The van der Waals surface area contributed by atoms with Crippen molar-refractivity contribution in [3.05, 3.63) is 45.6 Å². The molecule has 3 rings (SSSR count). The molecule has 0 atom stereocenters. The predicted molar refractivity (Wildman–Crippen MR) is 118 cm³/mol. The van der Waals surface area contributed by atoms with Crippen LogP contribution in [0.2, 0.25) is 0 Å². The number of nitrogens with one attached hydrogen (secondary N) is 1. The van der Waals surface area contributed by atoms with Gasteiger partial charge in [0.2, 0.25) is 5.88 Å². The zero-order valence-electron chi connectivity index (χ0n) is 18.6. The van der Waals surface area contributed by atoms with Gasteiger partial charge < -0.3 is 19.9 Å². The summed E-state index contributed by atoms with van der Waals surface area (Å²) in [7, 11) is 1.57. The minimum atomic E-state index is -0.109. The van der Waals surface area contributed by atoms with E-state index in [4.69, 9.17) is 4.74 Å². The van der Waals surface area contributed by atoms with Gasteiger partial charge in [-0.25, -0.2) is 9.78 Å². The Bertz CT molecular complexity index is 905. The maximum atomic E-state index is 12.8. The summed E-state index contributed by atoms with van der Waals surface area (Å²) in [6, 6.07) is 4.06. The van der Waals surface area contributed by atoms with Gasteiger partial charge in [0.05, 0.1) is 7.11 Å². The van der Waals surface area contributed by atoms with Gasteiger partial charge >= 0.3 is 6.03 Å². The fourth-order valence-electron chi connectivity index (χ4n) is 3.93. The summed E-state index contributed by atoms with van der Waals surface area (Å²) in [4.78, 5) is 21.5. The smallest absolute Gasteiger partial charge is 0.322 e. The average Bonchev–Trinajstić information content (AvgIpc) is 2.69. The minimum absolute atomic E-state index is 0.109. The lowest BCUT2D eigenvalue weighted by molar-refractivity contribution is 0.208. The van der Waals surface area contributed by atoms with Gasteiger partial charge in [-0.3, -0.25) is 0 Å². The Kier molecular flexibility index (Phi) is 6.01. The number of urea groups is 1. The zero-order valence-corrected chi connectivity index (χ0v) is 18.6. The van der Waals surface area contributed by atoms with Crippen molar-refractivity contribution in [3.63, 3.8) is 0 Å². The largest absolute Gasteiger partial charge is 0.480 e. The number of anilines is 2. The molecule has 0 spiro atoms. The first-order chi connectivity index (χ1) is 13.7. The summed E-state index contributed by atoms with van der Waals surface area (Å²) in [5.41, 5.74) is 9.15. The second-order valence-electron chi connectivity index (χ2n) is 7.96. The highest BCUT2D eigenvalue weighted by molar-refractivity contribution is 5.91. The SMILES string of the molecule is COc1nc(C)c(C)cc1NC(=O)N1CCN(c2c(C)c(C)cc(C)c2C)CC1. The average molecular weight is 397 g/mol. The monoisotopic (exact) mass is 396 g/mol. The van der Waals surface area contributed by atoms with Gasteiger partial charge in [-0.2, -0.15) is 0 Å². The summed E-state index contributed by atoms with van der Waals surface area (Å²) < 4.78 is 5.34. The molecule has 6 heteroatoms. The zero-order chi connectivity index (χ0) is 21.3. The van der Waals surface area contributed by atoms with Crippen LogP contribution in [0.3, 0.4) is 0 Å². The third kappa shape index (κ3) is 4.16. The number of hydrogen-bond acceptors (Lipinski definition) is 4. The molecule has 6 nitrogen and oxygen atoms in total. The van der Waals surface area contributed by atoms with Crippen molar-refractivity contribution < 1.29 is 9.53 Å². The Labute approximate surface area is 173 Å². The van der Waals surface area contributed by atoms with Crippen molar-refractivity contribution in [2.24, 2.45) is 0 Å². The number of aromatic nitrogens is 1. The lowest BCUT2D eigenvalue weighted by atomic mass is 9.97. The van der Waals surface area contributed by atoms with E-state index in [9.17, 15) is 4.79 Å². The van der Waals surface area contributed by atoms with E-state index in [2.05, 4.69) is 49.0 Å². The fourth-order valence-corrected chi connectivity index (χ4v) is 3.93. The number of amides is 2. The molecule has 2 aromatic rings. The molecule has 1 aliphatic heterocycles. The van der Waals surface area contributed by atoms with E-state index in [0.717, 1.165) is 24.3 Å². The topological polar surface area (TPSA) is 57.7 Å². The van der Waals surface area contributed by atoms with Crippen molar-refractivity contribution in [3.8, 4) is 5.88 Å². The highest BCUT2D eigenvalue weighted by Crippen LogP contribution is 2.31. The van der Waals surface area contributed by atoms with Crippen LogP contribution in [0.5, 0.6) is 5.88 Å². The number of ether oxygens (including phenoxy) is 1. The van der Waals surface area contributed by atoms with Gasteiger partial charge in [0.25, 0.3) is 0 Å². The molecule has 2 heterocycles. The van der Waals surface area contributed by atoms with Crippen LogP contribution in [-0.4, -0.2) is 49.2 Å². The maximum absolute atomic E-state index is 12.8. The Balaban J connectivity index is 1.71. The number of hydrogen-bond donors (Lipinski definition) is 1. The Hall–Kier alpha value is -2.76. The molecule has 1 aliphatic rings. The summed E-state index contributed by atoms with van der Waals surface area (Å²) in [5, 5.41) is 2.98. The van der Waals surface area contributed by atoms with Crippen LogP contribution in [0.25, 0.3) is 0 Å². The van der Waals surface area contributed by atoms with Gasteiger partial charge in [0, 0.05) is 37.6 Å². The van der Waals surface area contributed by atoms with Gasteiger partial charge in [-0.1, -0.05) is 6.07 Å². The first kappa shape index (κ1) is 21.0. The van der Waals surface area contributed by atoms with Gasteiger partial charge in [0.1, 0.15) is 5.69 Å². The highest BCUT2D eigenvalue weighted by Gasteiger charge is 2.25. The van der Waals surface area contributed by atoms with E-state index >= 15 is 0 Å². The molecule has 0 aliphatic carbocycles. The van der Waals surface area contributed by atoms with Crippen LogP contribution >= 0.6 is 0 Å². The standard InChI is InChI=1S/C23H32N4O2/c1-14-12-15(2)18(5)21(17(14)4)26-8-10-27(11-9-26)23(28)25-20-13-16(3)19(6)24-22(20)29-7/h12-13H,8-11H2,1-7H3,(H,25,28). The first-order valence-corrected chi connectivity index (χ1v) is 10.1. The van der Waals surface area contributed by atoms with Gasteiger partial charge in [0.15, 0.2) is 0 Å². The maximum Gasteiger partial charge on any atom is 0.322 e. The van der Waals surface area contributed by atoms with Crippen molar-refractivity contribution in [2.75, 3.05) is 43.5 Å². The Morgan fingerprint density at radius 2 is 1.52 bits per heavy atom. The molecule has 156 valence electrons. The number of piperazine rings is 1. The normalized spacial score (nSPS) is 14.2. The van der Waals surface area contributed by atoms with E-state index in [-0.39, 0.29) is 6.03 Å². The molecule has 1 fully saturated rings. The minimum Gasteiger partial charge on any atom is -0.480 e. The Morgan fingerprint density at radius 3 is 2.07 bits per heavy atom. The van der Waals surface area contributed by atoms with Gasteiger partial charge in [-0.05, 0) is 75.4 Å². The van der Waals surface area contributed by atoms with Crippen molar-refractivity contribution >= 4 is 17.4 Å². The predicted octanol–water partition coefficient (Wildman–Crippen LogP) is 4.29. The molecular weight excluding hydrogens is 364 g/mol. The molecular formula is C23H32N4O2. The van der Waals surface area contributed by atoms with E-state index in [1.807, 2.05) is 24.8 Å². The molecule has 1 saturated heterocycles. The number of rotatable bonds is 3. The number of pyridine rings is 1. The van der Waals surface area contributed by atoms with Crippen LogP contribution in [-0.2, 0) is 0 Å². The molecule has 0 bridgehead atoms. The molecule has 29 heavy (non-hydrogen) atoms. The molecule has 1 aromatic heterocycles. The highest BCUT2D eigenvalue weighted by atomic mass is 16.5. The summed E-state index contributed by atoms with van der Waals surface area (Å²) in [6.45, 7) is 15.6. The number of aryl methyl sites for hydroxylation is 4. The number of benzene rings is 1. The van der Waals surface area contributed by atoms with Crippen molar-refractivity contribution in [1.29, 1.82) is 0 Å². The van der Waals surface area contributed by atoms with Crippen LogP contribution in [0.4, 0.5) is 16.2 Å². The van der Waals surface area contributed by atoms with Crippen LogP contribution in [0.15, 0.2) is 12.1 Å². The number of nitrogens with zero attached hydrogens (tertiary/aromatic N) is 3. The first-order valence-electron chi connectivity index (χ1n) is 10.1. The summed E-state index contributed by atoms with van der Waals surface area (Å²) in [5.74, 6) is 0.446. The van der Waals surface area contributed by atoms with E-state index in [1.54, 1.807) is 7.11 Å². The van der Waals surface area contributed by atoms with Crippen LogP contribution < -0.4 is 15.0 Å². The molecule has 0 unspecified atom stereocenters. The molecule has 0 saturated carbocycles.